The van der Waals surface area contributed by atoms with Crippen LogP contribution in [0.15, 0.2) is 0 Å². The van der Waals surface area contributed by atoms with Gasteiger partial charge in [0.25, 0.3) is 0 Å². The number of nitrogens with zero attached hydrogens (tertiary/aromatic N) is 1. The number of likely N-dealkylation sites (tertiary alicyclic amines) is 1. The van der Waals surface area contributed by atoms with Gasteiger partial charge in [-0.05, 0) is 18.8 Å². The topological polar surface area (TPSA) is 66.6 Å². The van der Waals surface area contributed by atoms with Gasteiger partial charge < -0.3 is 15.7 Å². The van der Waals surface area contributed by atoms with Crippen LogP contribution in [-0.4, -0.2) is 41.1 Å². The van der Waals surface area contributed by atoms with E-state index >= 15 is 0 Å². The molecule has 0 saturated carbocycles. The summed E-state index contributed by atoms with van der Waals surface area (Å²) < 4.78 is 0. The highest BCUT2D eigenvalue weighted by atomic mass is 16.3. The van der Waals surface area contributed by atoms with E-state index in [-0.39, 0.29) is 17.9 Å². The Kier molecular flexibility index (Phi) is 3.89. The van der Waals surface area contributed by atoms with Crippen molar-refractivity contribution in [3.05, 3.63) is 0 Å². The Balaban J connectivity index is 2.51. The van der Waals surface area contributed by atoms with Crippen LogP contribution in [0, 0.1) is 5.92 Å². The zero-order valence-electron chi connectivity index (χ0n) is 8.94. The van der Waals surface area contributed by atoms with Gasteiger partial charge in [0.1, 0.15) is 0 Å². The smallest absolute Gasteiger partial charge is 0.239 e. The average Bonchev–Trinajstić information content (AvgIpc) is 2.15. The van der Waals surface area contributed by atoms with Crippen molar-refractivity contribution in [2.75, 3.05) is 13.1 Å². The van der Waals surface area contributed by atoms with Gasteiger partial charge in [-0.1, -0.05) is 13.8 Å². The highest BCUT2D eigenvalue weighted by molar-refractivity contribution is 5.82. The zero-order chi connectivity index (χ0) is 10.7. The van der Waals surface area contributed by atoms with Crippen LogP contribution in [0.3, 0.4) is 0 Å². The van der Waals surface area contributed by atoms with Crippen molar-refractivity contribution in [2.45, 2.75) is 38.8 Å². The lowest BCUT2D eigenvalue weighted by atomic mass is 10.0. The number of aliphatic hydroxyl groups is 1. The van der Waals surface area contributed by atoms with Gasteiger partial charge in [0.05, 0.1) is 12.1 Å². The van der Waals surface area contributed by atoms with Crippen molar-refractivity contribution in [1.29, 1.82) is 0 Å². The second-order valence-corrected chi connectivity index (χ2v) is 4.35. The molecule has 1 aliphatic heterocycles. The molecule has 4 nitrogen and oxygen atoms in total. The Morgan fingerprint density at radius 2 is 2.21 bits per heavy atom. The van der Waals surface area contributed by atoms with E-state index in [1.54, 1.807) is 4.90 Å². The summed E-state index contributed by atoms with van der Waals surface area (Å²) in [5.74, 6) is 0.125. The van der Waals surface area contributed by atoms with Crippen LogP contribution < -0.4 is 5.73 Å². The van der Waals surface area contributed by atoms with Gasteiger partial charge in [0, 0.05) is 13.1 Å². The Morgan fingerprint density at radius 1 is 1.57 bits per heavy atom. The molecule has 0 bridgehead atoms. The Hall–Kier alpha value is -0.610. The number of hydrogen-bond acceptors (Lipinski definition) is 3. The molecule has 3 N–H and O–H groups in total. The largest absolute Gasteiger partial charge is 0.391 e. The molecule has 0 aromatic heterocycles. The predicted molar refractivity (Wildman–Crippen MR) is 54.6 cm³/mol. The molecule has 0 aliphatic carbocycles. The number of hydrogen-bond donors (Lipinski definition) is 2. The molecule has 1 saturated heterocycles. The van der Waals surface area contributed by atoms with Gasteiger partial charge >= 0.3 is 0 Å². The molecular formula is C10H20N2O2. The van der Waals surface area contributed by atoms with E-state index in [0.717, 1.165) is 19.4 Å². The van der Waals surface area contributed by atoms with Crippen LogP contribution in [-0.2, 0) is 4.79 Å². The molecule has 1 aliphatic rings. The number of rotatable bonds is 2. The molecule has 0 aromatic rings. The highest BCUT2D eigenvalue weighted by Crippen LogP contribution is 2.12. The summed E-state index contributed by atoms with van der Waals surface area (Å²) in [4.78, 5) is 13.5. The number of piperidine rings is 1. The summed E-state index contributed by atoms with van der Waals surface area (Å²) in [6, 6.07) is -0.430. The molecule has 0 aromatic carbocycles. The van der Waals surface area contributed by atoms with Crippen LogP contribution in [0.5, 0.6) is 0 Å². The minimum absolute atomic E-state index is 0.0289. The van der Waals surface area contributed by atoms with Crippen molar-refractivity contribution < 1.29 is 9.90 Å². The van der Waals surface area contributed by atoms with E-state index in [1.165, 1.54) is 0 Å². The van der Waals surface area contributed by atoms with Crippen molar-refractivity contribution in [3.63, 3.8) is 0 Å². The van der Waals surface area contributed by atoms with Gasteiger partial charge in [-0.3, -0.25) is 4.79 Å². The Morgan fingerprint density at radius 3 is 2.71 bits per heavy atom. The molecular weight excluding hydrogens is 180 g/mol. The van der Waals surface area contributed by atoms with Crippen LogP contribution in [0.4, 0.5) is 0 Å². The molecule has 14 heavy (non-hydrogen) atoms. The van der Waals surface area contributed by atoms with E-state index in [9.17, 15) is 9.90 Å². The molecule has 1 heterocycles. The Bertz CT molecular complexity index is 206. The van der Waals surface area contributed by atoms with Gasteiger partial charge in [-0.25, -0.2) is 0 Å². The first-order chi connectivity index (χ1) is 6.52. The van der Waals surface area contributed by atoms with Crippen molar-refractivity contribution in [1.82, 2.24) is 4.90 Å². The predicted octanol–water partition coefficient (Wildman–Crippen LogP) is -0.0470. The molecule has 0 unspecified atom stereocenters. The maximum Gasteiger partial charge on any atom is 0.239 e. The summed E-state index contributed by atoms with van der Waals surface area (Å²) in [7, 11) is 0. The first-order valence-corrected chi connectivity index (χ1v) is 5.24. The van der Waals surface area contributed by atoms with Crippen LogP contribution in [0.1, 0.15) is 26.7 Å². The number of nitrogens with two attached hydrogens (primary N) is 1. The average molecular weight is 200 g/mol. The maximum absolute atomic E-state index is 11.8. The fourth-order valence-corrected chi connectivity index (χ4v) is 1.65. The van der Waals surface area contributed by atoms with E-state index in [2.05, 4.69) is 0 Å². The van der Waals surface area contributed by atoms with Crippen molar-refractivity contribution in [3.8, 4) is 0 Å². The SMILES string of the molecule is CC(C)[C@@H](N)C(=O)N1CCC[C@H](O)C1. The fraction of sp³-hybridized carbons (Fsp3) is 0.900. The quantitative estimate of drug-likeness (QED) is 0.657. The third-order valence-electron chi connectivity index (χ3n) is 2.71. The molecule has 0 radical (unpaired) electrons. The maximum atomic E-state index is 11.8. The van der Waals surface area contributed by atoms with Gasteiger partial charge in [-0.2, -0.15) is 0 Å². The summed E-state index contributed by atoms with van der Waals surface area (Å²) in [5.41, 5.74) is 5.76. The molecule has 0 spiro atoms. The van der Waals surface area contributed by atoms with Gasteiger partial charge in [-0.15, -0.1) is 0 Å². The Labute approximate surface area is 85.1 Å². The standard InChI is InChI=1S/C10H20N2O2/c1-7(2)9(11)10(14)12-5-3-4-8(13)6-12/h7-9,13H,3-6,11H2,1-2H3/t8-,9+/m0/s1. The molecule has 82 valence electrons. The molecule has 4 heteroatoms. The molecule has 1 rings (SSSR count). The lowest BCUT2D eigenvalue weighted by Gasteiger charge is -2.32. The van der Waals surface area contributed by atoms with Crippen LogP contribution >= 0.6 is 0 Å². The van der Waals surface area contributed by atoms with E-state index in [1.807, 2.05) is 13.8 Å². The molecule has 1 amide bonds. The second-order valence-electron chi connectivity index (χ2n) is 4.35. The molecule has 1 fully saturated rings. The number of amides is 1. The van der Waals surface area contributed by atoms with Crippen molar-refractivity contribution >= 4 is 5.91 Å². The van der Waals surface area contributed by atoms with Gasteiger partial charge in [0.15, 0.2) is 0 Å². The second kappa shape index (κ2) is 4.75. The van der Waals surface area contributed by atoms with Crippen LogP contribution in [0.25, 0.3) is 0 Å². The third kappa shape index (κ3) is 2.69. The number of carbonyl (C=O) groups excluding carboxylic acids is 1. The lowest BCUT2D eigenvalue weighted by Crippen LogP contribution is -2.51. The summed E-state index contributed by atoms with van der Waals surface area (Å²) in [5, 5.41) is 9.41. The number of β-amino-alcohol motifs (C(OH)–C–C–N with tert-alkyl or cyclic N) is 1. The van der Waals surface area contributed by atoms with E-state index < -0.39 is 6.04 Å². The highest BCUT2D eigenvalue weighted by Gasteiger charge is 2.27. The summed E-state index contributed by atoms with van der Waals surface area (Å²) in [6.07, 6.45) is 1.30. The summed E-state index contributed by atoms with van der Waals surface area (Å²) in [6.45, 7) is 5.04. The van der Waals surface area contributed by atoms with E-state index in [4.69, 9.17) is 5.73 Å². The fourth-order valence-electron chi connectivity index (χ4n) is 1.65. The summed E-state index contributed by atoms with van der Waals surface area (Å²) >= 11 is 0. The normalized spacial score (nSPS) is 25.2. The van der Waals surface area contributed by atoms with E-state index in [0.29, 0.717) is 6.54 Å². The third-order valence-corrected chi connectivity index (χ3v) is 2.71. The first-order valence-electron chi connectivity index (χ1n) is 5.24. The lowest BCUT2D eigenvalue weighted by molar-refractivity contribution is -0.136. The minimum Gasteiger partial charge on any atom is -0.391 e. The zero-order valence-corrected chi connectivity index (χ0v) is 8.94. The van der Waals surface area contributed by atoms with Crippen molar-refractivity contribution in [2.24, 2.45) is 11.7 Å². The first kappa shape index (κ1) is 11.5. The minimum atomic E-state index is -0.430. The van der Waals surface area contributed by atoms with Crippen LogP contribution in [0.2, 0.25) is 0 Å². The number of aliphatic hydroxyl groups excluding tert-OH is 1. The monoisotopic (exact) mass is 200 g/mol. The van der Waals surface area contributed by atoms with Gasteiger partial charge in [0.2, 0.25) is 5.91 Å². The number of carbonyl (C=O) groups is 1. The molecule has 2 atom stereocenters.